The number of aromatic hydroxyl groups is 1. The molecule has 2 heterocycles. The van der Waals surface area contributed by atoms with Gasteiger partial charge in [0.05, 0.1) is 10.0 Å². The fourth-order valence-electron chi connectivity index (χ4n) is 3.24. The molecule has 0 amide bonds. The van der Waals surface area contributed by atoms with Gasteiger partial charge in [-0.3, -0.25) is 0 Å². The zero-order chi connectivity index (χ0) is 18.1. The molecule has 1 aliphatic rings. The maximum atomic E-state index is 10.0. The number of phenolic OH excluding ortho intramolecular Hbond substituents is 1. The average Bonchev–Trinajstić information content (AvgIpc) is 2.66. The van der Waals surface area contributed by atoms with E-state index in [9.17, 15) is 5.11 Å². The first kappa shape index (κ1) is 17.3. The van der Waals surface area contributed by atoms with E-state index in [2.05, 4.69) is 9.88 Å². The third-order valence-corrected chi connectivity index (χ3v) is 5.38. The molecule has 134 valence electrons. The Labute approximate surface area is 161 Å². The number of aromatic nitrogens is 1. The number of nitrogens with zero attached hydrogens (tertiary/aromatic N) is 2. The lowest BCUT2D eigenvalue weighted by atomic mass is 10.1. The smallest absolute Gasteiger partial charge is 0.141 e. The summed E-state index contributed by atoms with van der Waals surface area (Å²) < 4.78 is 6.03. The van der Waals surface area contributed by atoms with Crippen molar-refractivity contribution < 1.29 is 9.84 Å². The number of piperidine rings is 1. The summed E-state index contributed by atoms with van der Waals surface area (Å²) in [5.74, 6) is 1.83. The lowest BCUT2D eigenvalue weighted by molar-refractivity contribution is 0.171. The van der Waals surface area contributed by atoms with Crippen molar-refractivity contribution >= 4 is 39.9 Å². The lowest BCUT2D eigenvalue weighted by Crippen LogP contribution is -2.38. The van der Waals surface area contributed by atoms with Crippen molar-refractivity contribution in [1.29, 1.82) is 0 Å². The Morgan fingerprint density at radius 1 is 1.00 bits per heavy atom. The van der Waals surface area contributed by atoms with Gasteiger partial charge in [0.15, 0.2) is 0 Å². The fourth-order valence-corrected chi connectivity index (χ4v) is 3.53. The highest BCUT2D eigenvalue weighted by molar-refractivity contribution is 6.42. The summed E-state index contributed by atoms with van der Waals surface area (Å²) in [7, 11) is 0. The number of pyridine rings is 1. The Morgan fingerprint density at radius 3 is 2.58 bits per heavy atom. The Morgan fingerprint density at radius 2 is 1.81 bits per heavy atom. The van der Waals surface area contributed by atoms with Crippen LogP contribution in [0.25, 0.3) is 10.9 Å². The molecule has 4 rings (SSSR count). The minimum atomic E-state index is 0.136. The molecule has 0 radical (unpaired) electrons. The van der Waals surface area contributed by atoms with Gasteiger partial charge in [0.1, 0.15) is 28.9 Å². The van der Waals surface area contributed by atoms with Gasteiger partial charge in [0.2, 0.25) is 0 Å². The van der Waals surface area contributed by atoms with Crippen molar-refractivity contribution in [2.24, 2.45) is 0 Å². The van der Waals surface area contributed by atoms with Gasteiger partial charge in [-0.2, -0.15) is 0 Å². The minimum Gasteiger partial charge on any atom is -0.506 e. The number of anilines is 1. The van der Waals surface area contributed by atoms with Crippen molar-refractivity contribution in [1.82, 2.24) is 4.98 Å². The third kappa shape index (κ3) is 3.53. The highest BCUT2D eigenvalue weighted by Gasteiger charge is 2.22. The monoisotopic (exact) mass is 388 g/mol. The first-order valence-corrected chi connectivity index (χ1v) is 9.31. The molecular weight excluding hydrogens is 371 g/mol. The van der Waals surface area contributed by atoms with E-state index in [1.54, 1.807) is 18.2 Å². The van der Waals surface area contributed by atoms with Crippen LogP contribution >= 0.6 is 23.2 Å². The molecule has 1 fully saturated rings. The quantitative estimate of drug-likeness (QED) is 0.661. The zero-order valence-corrected chi connectivity index (χ0v) is 15.5. The molecule has 0 atom stereocenters. The topological polar surface area (TPSA) is 45.6 Å². The van der Waals surface area contributed by atoms with Crippen LogP contribution in [0.1, 0.15) is 12.8 Å². The Hall–Kier alpha value is -2.17. The summed E-state index contributed by atoms with van der Waals surface area (Å²) >= 11 is 12.0. The van der Waals surface area contributed by atoms with E-state index in [4.69, 9.17) is 27.9 Å². The number of hydrogen-bond donors (Lipinski definition) is 1. The molecule has 0 saturated carbocycles. The average molecular weight is 389 g/mol. The summed E-state index contributed by atoms with van der Waals surface area (Å²) in [5.41, 5.74) is 0.638. The maximum Gasteiger partial charge on any atom is 0.141 e. The van der Waals surface area contributed by atoms with Gasteiger partial charge >= 0.3 is 0 Å². The number of ether oxygens (including phenoxy) is 1. The molecule has 0 unspecified atom stereocenters. The van der Waals surface area contributed by atoms with Gasteiger partial charge in [-0.25, -0.2) is 4.98 Å². The molecule has 1 saturated heterocycles. The van der Waals surface area contributed by atoms with Crippen LogP contribution < -0.4 is 9.64 Å². The Kier molecular flexibility index (Phi) is 4.79. The van der Waals surface area contributed by atoms with Crippen LogP contribution in [0.3, 0.4) is 0 Å². The molecule has 1 N–H and O–H groups in total. The second-order valence-electron chi connectivity index (χ2n) is 6.40. The van der Waals surface area contributed by atoms with E-state index < -0.39 is 0 Å². The summed E-state index contributed by atoms with van der Waals surface area (Å²) in [6.07, 6.45) is 1.92. The number of fused-ring (bicyclic) bond motifs is 1. The molecule has 2 aromatic carbocycles. The summed E-state index contributed by atoms with van der Waals surface area (Å²) in [6.45, 7) is 1.69. The van der Waals surface area contributed by atoms with Crippen LogP contribution in [0.5, 0.6) is 11.5 Å². The predicted octanol–water partition coefficient (Wildman–Crippen LogP) is 5.30. The van der Waals surface area contributed by atoms with Gasteiger partial charge in [-0.05, 0) is 30.3 Å². The van der Waals surface area contributed by atoms with Gasteiger partial charge in [-0.1, -0.05) is 35.3 Å². The van der Waals surface area contributed by atoms with E-state index in [-0.39, 0.29) is 11.9 Å². The van der Waals surface area contributed by atoms with Crippen LogP contribution in [-0.4, -0.2) is 29.3 Å². The standard InChI is InChI=1S/C20H18Cl2N2O2/c21-16-6-5-15(12-17(16)22)26-14-8-10-24(11-9-14)19-7-4-13-2-1-3-18(25)20(13)23-19/h1-7,12,14,25H,8-11H2. The number of phenols is 1. The van der Waals surface area contributed by atoms with Crippen molar-refractivity contribution in [3.63, 3.8) is 0 Å². The van der Waals surface area contributed by atoms with E-state index in [0.29, 0.717) is 15.6 Å². The number of halogens is 2. The molecule has 6 heteroatoms. The summed E-state index contributed by atoms with van der Waals surface area (Å²) in [6, 6.07) is 14.8. The fraction of sp³-hybridized carbons (Fsp3) is 0.250. The van der Waals surface area contributed by atoms with Gasteiger partial charge in [0.25, 0.3) is 0 Å². The van der Waals surface area contributed by atoms with Crippen LogP contribution in [0.2, 0.25) is 10.0 Å². The molecule has 1 aliphatic heterocycles. The lowest BCUT2D eigenvalue weighted by Gasteiger charge is -2.33. The number of hydrogen-bond acceptors (Lipinski definition) is 4. The van der Waals surface area contributed by atoms with Crippen molar-refractivity contribution in [3.05, 3.63) is 58.6 Å². The number of rotatable bonds is 3. The normalized spacial score (nSPS) is 15.4. The first-order valence-electron chi connectivity index (χ1n) is 8.55. The van der Waals surface area contributed by atoms with E-state index in [1.165, 1.54) is 0 Å². The summed E-state index contributed by atoms with van der Waals surface area (Å²) in [5, 5.41) is 12.0. The molecule has 0 spiro atoms. The SMILES string of the molecule is Oc1cccc2ccc(N3CCC(Oc4ccc(Cl)c(Cl)c4)CC3)nc12. The van der Waals surface area contributed by atoms with Gasteiger partial charge < -0.3 is 14.7 Å². The molecule has 0 bridgehead atoms. The van der Waals surface area contributed by atoms with Crippen LogP contribution in [0.4, 0.5) is 5.82 Å². The van der Waals surface area contributed by atoms with Crippen LogP contribution in [0, 0.1) is 0 Å². The number of para-hydroxylation sites is 1. The van der Waals surface area contributed by atoms with E-state index >= 15 is 0 Å². The minimum absolute atomic E-state index is 0.136. The molecule has 4 nitrogen and oxygen atoms in total. The third-order valence-electron chi connectivity index (χ3n) is 4.64. The maximum absolute atomic E-state index is 10.0. The highest BCUT2D eigenvalue weighted by atomic mass is 35.5. The first-order chi connectivity index (χ1) is 12.6. The molecule has 1 aromatic heterocycles. The molecule has 26 heavy (non-hydrogen) atoms. The zero-order valence-electron chi connectivity index (χ0n) is 14.0. The molecule has 3 aromatic rings. The van der Waals surface area contributed by atoms with E-state index in [0.717, 1.165) is 42.9 Å². The van der Waals surface area contributed by atoms with Gasteiger partial charge in [0, 0.05) is 37.4 Å². The number of benzene rings is 2. The Bertz CT molecular complexity index is 940. The second kappa shape index (κ2) is 7.22. The molecular formula is C20H18Cl2N2O2. The van der Waals surface area contributed by atoms with Crippen LogP contribution in [0.15, 0.2) is 48.5 Å². The largest absolute Gasteiger partial charge is 0.506 e. The van der Waals surface area contributed by atoms with Gasteiger partial charge in [-0.15, -0.1) is 0 Å². The van der Waals surface area contributed by atoms with Crippen LogP contribution in [-0.2, 0) is 0 Å². The summed E-state index contributed by atoms with van der Waals surface area (Å²) in [4.78, 5) is 6.85. The molecule has 0 aliphatic carbocycles. The van der Waals surface area contributed by atoms with Crippen molar-refractivity contribution in [3.8, 4) is 11.5 Å². The Balaban J connectivity index is 1.43. The van der Waals surface area contributed by atoms with Crippen molar-refractivity contribution in [2.75, 3.05) is 18.0 Å². The predicted molar refractivity (Wildman–Crippen MR) is 106 cm³/mol. The highest BCUT2D eigenvalue weighted by Crippen LogP contribution is 2.30. The second-order valence-corrected chi connectivity index (χ2v) is 7.21. The van der Waals surface area contributed by atoms with Crippen molar-refractivity contribution in [2.45, 2.75) is 18.9 Å². The van der Waals surface area contributed by atoms with E-state index in [1.807, 2.05) is 30.3 Å².